The van der Waals surface area contributed by atoms with Crippen molar-refractivity contribution in [2.75, 3.05) is 85.8 Å². The summed E-state index contributed by atoms with van der Waals surface area (Å²) in [7, 11) is -8.12. The summed E-state index contributed by atoms with van der Waals surface area (Å²) < 4.78 is 65.8. The van der Waals surface area contributed by atoms with Crippen LogP contribution >= 0.6 is 15.9 Å². The summed E-state index contributed by atoms with van der Waals surface area (Å²) in [6, 6.07) is -4.86. The zero-order valence-corrected chi connectivity index (χ0v) is 59.3. The van der Waals surface area contributed by atoms with Gasteiger partial charge in [0.15, 0.2) is 0 Å². The molecule has 6 heterocycles. The van der Waals surface area contributed by atoms with Crippen molar-refractivity contribution in [1.29, 1.82) is 0 Å². The maximum atomic E-state index is 14.3. The monoisotopic (exact) mass is 1440 g/mol. The minimum Gasteiger partial charge on any atom is -0.394 e. The summed E-state index contributed by atoms with van der Waals surface area (Å²) >= 11 is 0. The number of aliphatic hydroxyl groups is 9. The summed E-state index contributed by atoms with van der Waals surface area (Å²) in [4.78, 5) is 106. The minimum absolute atomic E-state index is 0.0125. The molecule has 0 aromatic rings. The second kappa shape index (κ2) is 38.4. The molecule has 0 aromatic heterocycles. The molecule has 34 nitrogen and oxygen atoms in total. The van der Waals surface area contributed by atoms with Crippen LogP contribution in [-0.4, -0.2) is 326 Å². The van der Waals surface area contributed by atoms with Gasteiger partial charge in [-0.15, -0.1) is 0 Å². The van der Waals surface area contributed by atoms with Gasteiger partial charge in [-0.05, 0) is 0 Å². The molecule has 21 atom stereocenters. The Labute approximate surface area is 567 Å². The van der Waals surface area contributed by atoms with Crippen LogP contribution in [0.2, 0.25) is 0 Å². The second-order valence-electron chi connectivity index (χ2n) is 27.2. The van der Waals surface area contributed by atoms with Crippen molar-refractivity contribution in [3.63, 3.8) is 0 Å². The van der Waals surface area contributed by atoms with Crippen LogP contribution in [0.25, 0.3) is 0 Å². The van der Waals surface area contributed by atoms with Crippen molar-refractivity contribution in [2.45, 2.75) is 266 Å². The molecule has 0 saturated carbocycles. The first-order valence-corrected chi connectivity index (χ1v) is 38.4. The van der Waals surface area contributed by atoms with Crippen molar-refractivity contribution < 1.29 is 136 Å². The standard InChI is InChI=1S/C61H112N6O28P2/c1-10-37-23-41(27-65(37)46(74)17-11-14-20-85-58-49(62-34(2)71)55(80)52(77)43(29-68)90-58)94-96(8,83)89-33-39-25-42(28-67(39)48(76)19-13-16-22-87-60-51(64-36(4)73)57(82)54(79)45(31-70)92-60)95-97(9,84)88-32-38-24-40(93-61(5,6)7)26-66(38)47(75)18-12-15-21-86-59-50(63-35(3)72)56(81)53(78)44(30-69)91-59/h37-45,49-60,68-70,77-84,96-97H,10-33H2,1-9H3,(H,62,71)(H,63,72)(H,64,73)/t37-,38+,39+,40-,41?,42?,43?,44?,45?,49?,50?,51?,52?,53?,54?,55?,56?,57?,58?,59?,60?/m1/s1. The summed E-state index contributed by atoms with van der Waals surface area (Å²) in [5.41, 5.74) is -0.560. The molecule has 0 aliphatic carbocycles. The van der Waals surface area contributed by atoms with Crippen LogP contribution in [0.15, 0.2) is 0 Å². The number of nitrogens with zero attached hydrogens (tertiary/aromatic N) is 3. The fourth-order valence-electron chi connectivity index (χ4n) is 13.2. The van der Waals surface area contributed by atoms with E-state index in [1.165, 1.54) is 34.1 Å². The Bertz CT molecular complexity index is 2500. The number of carbonyl (C=O) groups is 6. The van der Waals surface area contributed by atoms with Crippen LogP contribution < -0.4 is 16.0 Å². The number of ether oxygens (including phenoxy) is 7. The van der Waals surface area contributed by atoms with Crippen LogP contribution in [0, 0.1) is 0 Å². The molecule has 6 aliphatic rings. The van der Waals surface area contributed by atoms with Crippen molar-refractivity contribution in [3.8, 4) is 0 Å². The number of nitrogens with one attached hydrogen (secondary N) is 3. The molecule has 17 unspecified atom stereocenters. The summed E-state index contributed by atoms with van der Waals surface area (Å²) in [6.07, 6.45) is -14.1. The van der Waals surface area contributed by atoms with Crippen LogP contribution in [0.3, 0.4) is 0 Å². The molecular formula is C61H112N6O28P2. The van der Waals surface area contributed by atoms with Gasteiger partial charge < -0.3 is 61.9 Å². The predicted octanol–water partition coefficient (Wildman–Crippen LogP) is -3.19. The van der Waals surface area contributed by atoms with Crippen molar-refractivity contribution in [1.82, 2.24) is 30.7 Å². The average molecular weight is 1440 g/mol. The number of carbonyl (C=O) groups excluding carboxylic acids is 6. The topological polar surface area (TPSA) is 472 Å². The zero-order valence-electron chi connectivity index (χ0n) is 57.3. The van der Waals surface area contributed by atoms with E-state index in [2.05, 4.69) is 16.0 Å². The maximum absolute atomic E-state index is 14.3. The Morgan fingerprint density at radius 3 is 1.07 bits per heavy atom. The molecule has 6 aliphatic heterocycles. The fraction of sp³-hybridized carbons (Fsp3) is 0.902. The van der Waals surface area contributed by atoms with Gasteiger partial charge in [-0.2, -0.15) is 0 Å². The molecule has 36 heteroatoms. The third-order valence-corrected chi connectivity index (χ3v) is 20.8. The van der Waals surface area contributed by atoms with Gasteiger partial charge in [-0.3, -0.25) is 14.4 Å². The van der Waals surface area contributed by atoms with Gasteiger partial charge in [0.25, 0.3) is 0 Å². The molecule has 0 radical (unpaired) electrons. The van der Waals surface area contributed by atoms with Gasteiger partial charge in [0, 0.05) is 20.8 Å². The van der Waals surface area contributed by atoms with Crippen LogP contribution in [-0.2, 0) is 80.0 Å². The predicted molar refractivity (Wildman–Crippen MR) is 345 cm³/mol. The Morgan fingerprint density at radius 1 is 0.474 bits per heavy atom. The molecule has 0 bridgehead atoms. The molecule has 97 heavy (non-hydrogen) atoms. The van der Waals surface area contributed by atoms with E-state index in [4.69, 9.17) is 51.3 Å². The Kier molecular flexibility index (Phi) is 32.7. The summed E-state index contributed by atoms with van der Waals surface area (Å²) in [5.74, 6) is -2.22. The van der Waals surface area contributed by atoms with Gasteiger partial charge in [-0.25, -0.2) is 0 Å². The van der Waals surface area contributed by atoms with Gasteiger partial charge in [0.05, 0.1) is 19.8 Å². The van der Waals surface area contributed by atoms with E-state index in [0.717, 1.165) is 0 Å². The normalized spacial score (nSPS) is 33.9. The van der Waals surface area contributed by atoms with Gasteiger partial charge in [0.2, 0.25) is 17.7 Å². The van der Waals surface area contributed by atoms with E-state index < -0.39 is 175 Å². The molecule has 0 aromatic carbocycles. The number of amides is 6. The molecule has 6 rings (SSSR count). The van der Waals surface area contributed by atoms with Crippen LogP contribution in [0.5, 0.6) is 0 Å². The zero-order chi connectivity index (χ0) is 71.7. The summed E-state index contributed by atoms with van der Waals surface area (Å²) in [5, 5.41) is 99.8. The number of likely N-dealkylation sites (tertiary alicyclic amines) is 3. The molecule has 6 amide bonds. The first-order chi connectivity index (χ1) is 45.7. The smallest absolute Gasteiger partial charge is 0.394 e. The number of hydrogen-bond donors (Lipinski definition) is 14. The first-order valence-electron chi connectivity index (χ1n) is 33.9. The van der Waals surface area contributed by atoms with Crippen molar-refractivity contribution >= 4 is 51.3 Å². The third-order valence-electron chi connectivity index (χ3n) is 17.9. The van der Waals surface area contributed by atoms with Gasteiger partial charge in [0.1, 0.15) is 54.9 Å². The van der Waals surface area contributed by atoms with Crippen molar-refractivity contribution in [3.05, 3.63) is 0 Å². The van der Waals surface area contributed by atoms with E-state index in [1.54, 1.807) is 14.7 Å². The first kappa shape index (κ1) is 82.8. The quantitative estimate of drug-likeness (QED) is 0.0217. The summed E-state index contributed by atoms with van der Waals surface area (Å²) in [6.45, 7) is 12.5. The Morgan fingerprint density at radius 2 is 0.773 bits per heavy atom. The van der Waals surface area contributed by atoms with Crippen LogP contribution in [0.4, 0.5) is 0 Å². The molecular weight excluding hydrogens is 1330 g/mol. The van der Waals surface area contributed by atoms with E-state index in [1.807, 2.05) is 27.7 Å². The van der Waals surface area contributed by atoms with E-state index in [0.29, 0.717) is 44.9 Å². The van der Waals surface area contributed by atoms with Gasteiger partial charge >= 0.3 is 380 Å². The minimum atomic E-state index is -4.09. The third kappa shape index (κ3) is 24.8. The number of aliphatic hydroxyl groups excluding tert-OH is 9. The molecule has 564 valence electrons. The fourth-order valence-corrected chi connectivity index (χ4v) is 15.9. The van der Waals surface area contributed by atoms with Crippen LogP contribution in [0.1, 0.15) is 132 Å². The molecule has 14 N–H and O–H groups in total. The van der Waals surface area contributed by atoms with E-state index in [9.17, 15) is 84.5 Å². The van der Waals surface area contributed by atoms with Gasteiger partial charge in [-0.1, -0.05) is 0 Å². The number of rotatable bonds is 36. The average Bonchev–Trinajstić information content (AvgIpc) is 1.79. The Hall–Kier alpha value is -3.20. The molecule has 6 fully saturated rings. The molecule has 6 saturated heterocycles. The Balaban J connectivity index is 1.05. The van der Waals surface area contributed by atoms with Crippen molar-refractivity contribution in [2.24, 2.45) is 0 Å². The van der Waals surface area contributed by atoms with E-state index in [-0.39, 0.29) is 121 Å². The second-order valence-corrected chi connectivity index (χ2v) is 31.9. The SMILES string of the molecule is CC[C@@H]1CC(O[PH](C)(O)OC[C@@H]2CC(O[PH](C)(O)OC[C@@H]3C[C@@H](OC(C)(C)C)CN3C(=O)CCCCOC3OC(CO)C(O)C(O)C3NC(C)=O)CN2C(=O)CCCCOC2OC(CO)C(O)C(O)C2NC(C)=O)CN1C(=O)CCCCOC1OC(CO)C(O)C(O)C1NC(C)=O. The molecule has 0 spiro atoms. The number of unbranched alkanes of at least 4 members (excludes halogenated alkanes) is 3. The number of hydrogen-bond acceptors (Lipinski definition) is 28. The van der Waals surface area contributed by atoms with E-state index >= 15 is 0 Å².